The van der Waals surface area contributed by atoms with Gasteiger partial charge in [0.05, 0.1) is 18.9 Å². The van der Waals surface area contributed by atoms with Crippen LogP contribution < -0.4 is 0 Å². The molecule has 4 nitrogen and oxygen atoms in total. The zero-order valence-electron chi connectivity index (χ0n) is 7.51. The van der Waals surface area contributed by atoms with Crippen molar-refractivity contribution in [2.45, 2.75) is 12.0 Å². The van der Waals surface area contributed by atoms with E-state index in [0.717, 1.165) is 10.7 Å². The second-order valence-corrected chi connectivity index (χ2v) is 4.59. The minimum Gasteiger partial charge on any atom is -0.385 e. The number of thiazole rings is 1. The molecular weight excluding hydrogens is 200 g/mol. The first kappa shape index (κ1) is 8.40. The Kier molecular flexibility index (Phi) is 1.67. The lowest BCUT2D eigenvalue weighted by Gasteiger charge is -2.35. The van der Waals surface area contributed by atoms with Crippen molar-refractivity contribution in [1.29, 1.82) is 0 Å². The van der Waals surface area contributed by atoms with Gasteiger partial charge < -0.3 is 9.84 Å². The van der Waals surface area contributed by atoms with E-state index in [9.17, 15) is 5.11 Å². The number of ether oxygens (including phenoxy) is 1. The van der Waals surface area contributed by atoms with Crippen LogP contribution in [0.4, 0.5) is 0 Å². The van der Waals surface area contributed by atoms with E-state index in [1.165, 1.54) is 0 Å². The molecule has 3 heterocycles. The fourth-order valence-corrected chi connectivity index (χ4v) is 2.36. The standard InChI is InChI=1S/C9H10N2O2S/c12-9(5-13-6-9)3-7-4-11-1-2-14-8(11)10-7/h1-2,4,12H,3,5-6H2. The fraction of sp³-hybridized carbons (Fsp3) is 0.444. The Labute approximate surface area is 84.8 Å². The van der Waals surface area contributed by atoms with Gasteiger partial charge in [-0.3, -0.25) is 4.40 Å². The maximum Gasteiger partial charge on any atom is 0.193 e. The van der Waals surface area contributed by atoms with Crippen molar-refractivity contribution in [2.24, 2.45) is 0 Å². The van der Waals surface area contributed by atoms with Crippen LogP contribution in [0.15, 0.2) is 17.8 Å². The molecule has 2 aromatic rings. The highest BCUT2D eigenvalue weighted by atomic mass is 32.1. The van der Waals surface area contributed by atoms with Gasteiger partial charge in [0.1, 0.15) is 5.60 Å². The first-order valence-electron chi connectivity index (χ1n) is 4.46. The van der Waals surface area contributed by atoms with Crippen LogP contribution in [0.25, 0.3) is 4.96 Å². The van der Waals surface area contributed by atoms with E-state index in [1.807, 2.05) is 22.2 Å². The number of fused-ring (bicyclic) bond motifs is 1. The van der Waals surface area contributed by atoms with Gasteiger partial charge in [0, 0.05) is 24.2 Å². The van der Waals surface area contributed by atoms with Crippen LogP contribution in [0.1, 0.15) is 5.69 Å². The molecule has 0 saturated carbocycles. The van der Waals surface area contributed by atoms with Gasteiger partial charge in [0.25, 0.3) is 0 Å². The van der Waals surface area contributed by atoms with Crippen molar-refractivity contribution in [1.82, 2.24) is 9.38 Å². The number of aliphatic hydroxyl groups is 1. The molecule has 0 aromatic carbocycles. The average Bonchev–Trinajstić information content (AvgIpc) is 2.60. The zero-order valence-corrected chi connectivity index (χ0v) is 8.33. The van der Waals surface area contributed by atoms with E-state index in [1.54, 1.807) is 11.3 Å². The molecule has 0 atom stereocenters. The minimum absolute atomic E-state index is 0.429. The summed E-state index contributed by atoms with van der Waals surface area (Å²) in [5.74, 6) is 0. The van der Waals surface area contributed by atoms with Gasteiger partial charge >= 0.3 is 0 Å². The van der Waals surface area contributed by atoms with Crippen molar-refractivity contribution < 1.29 is 9.84 Å². The van der Waals surface area contributed by atoms with Gasteiger partial charge in [-0.2, -0.15) is 0 Å². The van der Waals surface area contributed by atoms with Crippen molar-refractivity contribution in [3.63, 3.8) is 0 Å². The number of aromatic nitrogens is 2. The summed E-state index contributed by atoms with van der Waals surface area (Å²) in [6.07, 6.45) is 4.52. The molecule has 1 saturated heterocycles. The summed E-state index contributed by atoms with van der Waals surface area (Å²) in [7, 11) is 0. The number of hydrogen-bond acceptors (Lipinski definition) is 4. The molecule has 5 heteroatoms. The molecule has 1 fully saturated rings. The normalized spacial score (nSPS) is 19.8. The predicted octanol–water partition coefficient (Wildman–Crippen LogP) is 0.700. The van der Waals surface area contributed by atoms with Crippen LogP contribution in [0, 0.1) is 0 Å². The summed E-state index contributed by atoms with van der Waals surface area (Å²) in [5, 5.41) is 11.8. The van der Waals surface area contributed by atoms with Crippen molar-refractivity contribution in [3.05, 3.63) is 23.5 Å². The Morgan fingerprint density at radius 3 is 3.14 bits per heavy atom. The summed E-state index contributed by atoms with van der Waals surface area (Å²) in [6, 6.07) is 0. The van der Waals surface area contributed by atoms with Crippen LogP contribution in [0.5, 0.6) is 0 Å². The number of imidazole rings is 1. The maximum atomic E-state index is 9.86. The van der Waals surface area contributed by atoms with E-state index < -0.39 is 5.60 Å². The molecule has 0 aliphatic carbocycles. The number of hydrogen-bond donors (Lipinski definition) is 1. The molecule has 2 aromatic heterocycles. The lowest BCUT2D eigenvalue weighted by molar-refractivity contribution is -0.177. The summed E-state index contributed by atoms with van der Waals surface area (Å²) in [5.41, 5.74) is 0.256. The third-order valence-corrected chi connectivity index (χ3v) is 3.17. The van der Waals surface area contributed by atoms with Gasteiger partial charge in [-0.25, -0.2) is 4.98 Å². The minimum atomic E-state index is -0.677. The van der Waals surface area contributed by atoms with E-state index in [2.05, 4.69) is 4.98 Å². The average molecular weight is 210 g/mol. The highest BCUT2D eigenvalue weighted by Gasteiger charge is 2.36. The molecule has 0 spiro atoms. The molecule has 0 radical (unpaired) electrons. The molecule has 14 heavy (non-hydrogen) atoms. The first-order valence-corrected chi connectivity index (χ1v) is 5.34. The Hall–Kier alpha value is -0.910. The topological polar surface area (TPSA) is 46.8 Å². The third kappa shape index (κ3) is 1.25. The molecule has 0 bridgehead atoms. The second kappa shape index (κ2) is 2.79. The van der Waals surface area contributed by atoms with Crippen LogP contribution in [-0.4, -0.2) is 33.3 Å². The lowest BCUT2D eigenvalue weighted by atomic mass is 9.96. The number of nitrogens with zero attached hydrogens (tertiary/aromatic N) is 2. The van der Waals surface area contributed by atoms with E-state index in [0.29, 0.717) is 19.6 Å². The summed E-state index contributed by atoms with van der Waals surface area (Å²) in [6.45, 7) is 0.857. The molecule has 1 N–H and O–H groups in total. The number of rotatable bonds is 2. The van der Waals surface area contributed by atoms with Gasteiger partial charge in [0.2, 0.25) is 0 Å². The van der Waals surface area contributed by atoms with E-state index in [4.69, 9.17) is 4.74 Å². The van der Waals surface area contributed by atoms with Gasteiger partial charge in [-0.1, -0.05) is 0 Å². The molecular formula is C9H10N2O2S. The lowest BCUT2D eigenvalue weighted by Crippen LogP contribution is -2.51. The van der Waals surface area contributed by atoms with Gasteiger partial charge in [-0.05, 0) is 0 Å². The highest BCUT2D eigenvalue weighted by Crippen LogP contribution is 2.22. The van der Waals surface area contributed by atoms with Crippen LogP contribution in [-0.2, 0) is 11.2 Å². The Morgan fingerprint density at radius 1 is 1.64 bits per heavy atom. The Morgan fingerprint density at radius 2 is 2.50 bits per heavy atom. The molecule has 3 rings (SSSR count). The Balaban J connectivity index is 1.88. The summed E-state index contributed by atoms with van der Waals surface area (Å²) in [4.78, 5) is 5.38. The van der Waals surface area contributed by atoms with Gasteiger partial charge in [-0.15, -0.1) is 11.3 Å². The SMILES string of the molecule is OC1(Cc2cn3ccsc3n2)COC1. The largest absolute Gasteiger partial charge is 0.385 e. The smallest absolute Gasteiger partial charge is 0.193 e. The Bertz CT molecular complexity index is 430. The van der Waals surface area contributed by atoms with Crippen LogP contribution in [0.2, 0.25) is 0 Å². The summed E-state index contributed by atoms with van der Waals surface area (Å²) < 4.78 is 6.96. The second-order valence-electron chi connectivity index (χ2n) is 3.72. The van der Waals surface area contributed by atoms with Crippen molar-refractivity contribution in [3.8, 4) is 0 Å². The molecule has 74 valence electrons. The van der Waals surface area contributed by atoms with E-state index in [-0.39, 0.29) is 0 Å². The monoisotopic (exact) mass is 210 g/mol. The molecule has 0 amide bonds. The van der Waals surface area contributed by atoms with Crippen molar-refractivity contribution >= 4 is 16.3 Å². The molecule has 1 aliphatic rings. The van der Waals surface area contributed by atoms with Crippen LogP contribution >= 0.6 is 11.3 Å². The quantitative estimate of drug-likeness (QED) is 0.793. The van der Waals surface area contributed by atoms with Crippen molar-refractivity contribution in [2.75, 3.05) is 13.2 Å². The third-order valence-electron chi connectivity index (χ3n) is 2.39. The maximum absolute atomic E-state index is 9.86. The fourth-order valence-electron chi connectivity index (χ4n) is 1.64. The highest BCUT2D eigenvalue weighted by molar-refractivity contribution is 7.15. The first-order chi connectivity index (χ1) is 6.75. The predicted molar refractivity (Wildman–Crippen MR) is 52.5 cm³/mol. The van der Waals surface area contributed by atoms with Crippen LogP contribution in [0.3, 0.4) is 0 Å². The zero-order chi connectivity index (χ0) is 9.60. The summed E-state index contributed by atoms with van der Waals surface area (Å²) >= 11 is 1.60. The molecule has 0 unspecified atom stereocenters. The van der Waals surface area contributed by atoms with Gasteiger partial charge in [0.15, 0.2) is 4.96 Å². The van der Waals surface area contributed by atoms with E-state index >= 15 is 0 Å². The molecule has 1 aliphatic heterocycles.